The van der Waals surface area contributed by atoms with Crippen LogP contribution in [0.1, 0.15) is 29.9 Å². The lowest BCUT2D eigenvalue weighted by Crippen LogP contribution is -1.99. The summed E-state index contributed by atoms with van der Waals surface area (Å²) in [5.74, 6) is 4.18. The van der Waals surface area contributed by atoms with Gasteiger partial charge in [0.05, 0.1) is 0 Å². The SMILES string of the molecule is C#CC(CCCc1ccc(F)c(Oc2ccccc2)c1)c1ccc(OCC=C)cc1. The van der Waals surface area contributed by atoms with Gasteiger partial charge in [0.15, 0.2) is 11.6 Å². The van der Waals surface area contributed by atoms with E-state index in [0.29, 0.717) is 12.4 Å². The molecule has 3 rings (SSSR count). The van der Waals surface area contributed by atoms with Gasteiger partial charge in [-0.1, -0.05) is 55.0 Å². The Kier molecular flexibility index (Phi) is 7.69. The molecule has 152 valence electrons. The zero-order valence-electron chi connectivity index (χ0n) is 16.9. The van der Waals surface area contributed by atoms with Gasteiger partial charge in [0.25, 0.3) is 0 Å². The number of para-hydroxylation sites is 1. The van der Waals surface area contributed by atoms with Gasteiger partial charge < -0.3 is 9.47 Å². The minimum Gasteiger partial charge on any atom is -0.490 e. The molecule has 2 nitrogen and oxygen atoms in total. The van der Waals surface area contributed by atoms with Crippen LogP contribution in [0.2, 0.25) is 0 Å². The molecule has 3 aromatic rings. The molecule has 0 aliphatic carbocycles. The number of aryl methyl sites for hydroxylation is 1. The highest BCUT2D eigenvalue weighted by Gasteiger charge is 2.10. The molecular formula is C27H25FO2. The maximum atomic E-state index is 14.1. The first-order valence-corrected chi connectivity index (χ1v) is 10.0. The predicted molar refractivity (Wildman–Crippen MR) is 120 cm³/mol. The molecule has 0 spiro atoms. The molecule has 0 aliphatic rings. The lowest BCUT2D eigenvalue weighted by Gasteiger charge is -2.13. The summed E-state index contributed by atoms with van der Waals surface area (Å²) in [5.41, 5.74) is 2.11. The molecule has 0 bridgehead atoms. The molecule has 30 heavy (non-hydrogen) atoms. The maximum absolute atomic E-state index is 14.1. The summed E-state index contributed by atoms with van der Waals surface area (Å²) < 4.78 is 25.3. The molecule has 0 saturated carbocycles. The summed E-state index contributed by atoms with van der Waals surface area (Å²) in [7, 11) is 0. The van der Waals surface area contributed by atoms with Crippen molar-refractivity contribution in [3.8, 4) is 29.6 Å². The number of terminal acetylenes is 1. The molecule has 0 radical (unpaired) electrons. The lowest BCUT2D eigenvalue weighted by atomic mass is 9.93. The number of benzene rings is 3. The number of hydrogen-bond donors (Lipinski definition) is 0. The van der Waals surface area contributed by atoms with Crippen LogP contribution in [0.15, 0.2) is 85.5 Å². The van der Waals surface area contributed by atoms with Crippen molar-refractivity contribution in [2.24, 2.45) is 0 Å². The van der Waals surface area contributed by atoms with Crippen LogP contribution in [-0.2, 0) is 6.42 Å². The summed E-state index contributed by atoms with van der Waals surface area (Å²) >= 11 is 0. The Hall–Kier alpha value is -3.51. The lowest BCUT2D eigenvalue weighted by molar-refractivity contribution is 0.363. The molecule has 0 aliphatic heterocycles. The molecule has 3 aromatic carbocycles. The van der Waals surface area contributed by atoms with E-state index in [-0.39, 0.29) is 17.5 Å². The van der Waals surface area contributed by atoms with Gasteiger partial charge in [0.2, 0.25) is 0 Å². The van der Waals surface area contributed by atoms with E-state index in [1.807, 2.05) is 42.5 Å². The second kappa shape index (κ2) is 10.9. The van der Waals surface area contributed by atoms with E-state index in [2.05, 4.69) is 12.5 Å². The van der Waals surface area contributed by atoms with Crippen molar-refractivity contribution in [3.63, 3.8) is 0 Å². The van der Waals surface area contributed by atoms with E-state index in [4.69, 9.17) is 15.9 Å². The smallest absolute Gasteiger partial charge is 0.165 e. The number of rotatable bonds is 10. The first-order chi connectivity index (χ1) is 14.7. The van der Waals surface area contributed by atoms with Crippen molar-refractivity contribution in [2.45, 2.75) is 25.2 Å². The Bertz CT molecular complexity index is 988. The summed E-state index contributed by atoms with van der Waals surface area (Å²) in [6.45, 7) is 4.12. The van der Waals surface area contributed by atoms with E-state index in [1.165, 1.54) is 6.07 Å². The highest BCUT2D eigenvalue weighted by atomic mass is 19.1. The van der Waals surface area contributed by atoms with Gasteiger partial charge in [0.1, 0.15) is 18.1 Å². The van der Waals surface area contributed by atoms with Crippen LogP contribution in [0.3, 0.4) is 0 Å². The largest absolute Gasteiger partial charge is 0.490 e. The van der Waals surface area contributed by atoms with Crippen LogP contribution in [0, 0.1) is 18.2 Å². The van der Waals surface area contributed by atoms with Crippen molar-refractivity contribution >= 4 is 0 Å². The number of hydrogen-bond acceptors (Lipinski definition) is 2. The van der Waals surface area contributed by atoms with E-state index in [1.54, 1.807) is 30.3 Å². The van der Waals surface area contributed by atoms with Crippen molar-refractivity contribution in [1.29, 1.82) is 0 Å². The fourth-order valence-electron chi connectivity index (χ4n) is 3.21. The van der Waals surface area contributed by atoms with E-state index in [9.17, 15) is 4.39 Å². The molecule has 0 aromatic heterocycles. The Labute approximate surface area is 178 Å². The Morgan fingerprint density at radius 3 is 2.47 bits per heavy atom. The molecule has 0 amide bonds. The van der Waals surface area contributed by atoms with Gasteiger partial charge in [0, 0.05) is 5.92 Å². The Morgan fingerprint density at radius 1 is 1.00 bits per heavy atom. The second-order valence-electron chi connectivity index (χ2n) is 6.96. The molecule has 0 heterocycles. The molecule has 1 atom stereocenters. The van der Waals surface area contributed by atoms with Crippen molar-refractivity contribution < 1.29 is 13.9 Å². The van der Waals surface area contributed by atoms with Gasteiger partial charge >= 0.3 is 0 Å². The third kappa shape index (κ3) is 5.99. The van der Waals surface area contributed by atoms with Crippen molar-refractivity contribution in [1.82, 2.24) is 0 Å². The Morgan fingerprint density at radius 2 is 1.77 bits per heavy atom. The zero-order chi connectivity index (χ0) is 21.2. The topological polar surface area (TPSA) is 18.5 Å². The molecule has 0 N–H and O–H groups in total. The first kappa shape index (κ1) is 21.2. The monoisotopic (exact) mass is 400 g/mol. The van der Waals surface area contributed by atoms with Gasteiger partial charge in [-0.25, -0.2) is 4.39 Å². The fourth-order valence-corrected chi connectivity index (χ4v) is 3.21. The van der Waals surface area contributed by atoms with Gasteiger partial charge in [-0.15, -0.1) is 6.42 Å². The van der Waals surface area contributed by atoms with Gasteiger partial charge in [-0.3, -0.25) is 0 Å². The van der Waals surface area contributed by atoms with Crippen LogP contribution in [0.25, 0.3) is 0 Å². The van der Waals surface area contributed by atoms with Gasteiger partial charge in [-0.05, 0) is 66.8 Å². The minimum atomic E-state index is -0.372. The average molecular weight is 400 g/mol. The highest BCUT2D eigenvalue weighted by molar-refractivity contribution is 5.36. The minimum absolute atomic E-state index is 0.0268. The molecule has 3 heteroatoms. The van der Waals surface area contributed by atoms with E-state index in [0.717, 1.165) is 36.1 Å². The first-order valence-electron chi connectivity index (χ1n) is 10.0. The van der Waals surface area contributed by atoms with Gasteiger partial charge in [-0.2, -0.15) is 0 Å². The average Bonchev–Trinajstić information content (AvgIpc) is 2.78. The molecule has 0 fully saturated rings. The maximum Gasteiger partial charge on any atom is 0.165 e. The molecular weight excluding hydrogens is 375 g/mol. The molecule has 0 saturated heterocycles. The summed E-state index contributed by atoms with van der Waals surface area (Å²) in [4.78, 5) is 0. The number of ether oxygens (including phenoxy) is 2. The van der Waals surface area contributed by atoms with Crippen LogP contribution < -0.4 is 9.47 Å². The van der Waals surface area contributed by atoms with Crippen LogP contribution in [0.4, 0.5) is 4.39 Å². The third-order valence-electron chi connectivity index (χ3n) is 4.78. The fraction of sp³-hybridized carbons (Fsp3) is 0.185. The van der Waals surface area contributed by atoms with E-state index >= 15 is 0 Å². The summed E-state index contributed by atoms with van der Waals surface area (Å²) in [5, 5.41) is 0. The Balaban J connectivity index is 1.57. The normalized spacial score (nSPS) is 11.3. The van der Waals surface area contributed by atoms with Crippen LogP contribution >= 0.6 is 0 Å². The summed E-state index contributed by atoms with van der Waals surface area (Å²) in [6, 6.07) is 22.1. The zero-order valence-corrected chi connectivity index (χ0v) is 16.9. The number of halogens is 1. The third-order valence-corrected chi connectivity index (χ3v) is 4.78. The van der Waals surface area contributed by atoms with Crippen LogP contribution in [0.5, 0.6) is 17.2 Å². The summed E-state index contributed by atoms with van der Waals surface area (Å²) in [6.07, 6.45) is 10.0. The van der Waals surface area contributed by atoms with Crippen LogP contribution in [-0.4, -0.2) is 6.61 Å². The molecule has 1 unspecified atom stereocenters. The van der Waals surface area contributed by atoms with E-state index < -0.39 is 0 Å². The predicted octanol–water partition coefficient (Wildman–Crippen LogP) is 6.92. The highest BCUT2D eigenvalue weighted by Crippen LogP contribution is 2.27. The quantitative estimate of drug-likeness (QED) is 0.272. The van der Waals surface area contributed by atoms with Crippen molar-refractivity contribution in [3.05, 3.63) is 102 Å². The standard InChI is InChI=1S/C27H25FO2/c1-3-19-29-24-16-14-23(15-17-24)22(4-2)10-8-9-21-13-18-26(28)27(20-21)30-25-11-6-5-7-12-25/h2-3,5-7,11-18,20,22H,1,8-10,19H2. The second-order valence-corrected chi connectivity index (χ2v) is 6.96. The van der Waals surface area contributed by atoms with Crippen molar-refractivity contribution in [2.75, 3.05) is 6.61 Å².